The smallest absolute Gasteiger partial charge is 0.0812 e. The van der Waals surface area contributed by atoms with Gasteiger partial charge >= 0.3 is 0 Å². The first-order valence-corrected chi connectivity index (χ1v) is 6.90. The molecule has 0 saturated carbocycles. The minimum absolute atomic E-state index is 0.230. The Morgan fingerprint density at radius 1 is 1.00 bits per heavy atom. The maximum atomic E-state index is 5.83. The van der Waals surface area contributed by atoms with Crippen LogP contribution in [0.15, 0.2) is 36.4 Å². The lowest BCUT2D eigenvalue weighted by Crippen LogP contribution is -2.26. The molecule has 2 heteroatoms. The van der Waals surface area contributed by atoms with Crippen molar-refractivity contribution < 1.29 is 9.47 Å². The van der Waals surface area contributed by atoms with Gasteiger partial charge in [-0.15, -0.1) is 0 Å². The third kappa shape index (κ3) is 2.65. The zero-order valence-electron chi connectivity index (χ0n) is 10.6. The van der Waals surface area contributed by atoms with Gasteiger partial charge in [-0.05, 0) is 24.8 Å². The van der Waals surface area contributed by atoms with Gasteiger partial charge in [0, 0.05) is 19.1 Å². The van der Waals surface area contributed by atoms with Crippen LogP contribution in [0.2, 0.25) is 0 Å². The van der Waals surface area contributed by atoms with E-state index in [1.165, 1.54) is 18.4 Å². The minimum atomic E-state index is 0.230. The van der Waals surface area contributed by atoms with Gasteiger partial charge in [0.1, 0.15) is 0 Å². The predicted octanol–water partition coefficient (Wildman–Crippen LogP) is 3.28. The predicted molar refractivity (Wildman–Crippen MR) is 72.3 cm³/mol. The van der Waals surface area contributed by atoms with Gasteiger partial charge in [-0.3, -0.25) is 0 Å². The maximum Gasteiger partial charge on any atom is 0.0812 e. The molecule has 3 rings (SSSR count). The molecule has 0 bridgehead atoms. The Bertz CT molecular complexity index is 393. The summed E-state index contributed by atoms with van der Waals surface area (Å²) in [4.78, 5) is 0. The largest absolute Gasteiger partial charge is 0.378 e. The van der Waals surface area contributed by atoms with Crippen molar-refractivity contribution in [3.8, 4) is 0 Å². The van der Waals surface area contributed by atoms with Crippen LogP contribution < -0.4 is 0 Å². The normalized spacial score (nSPS) is 32.3. The summed E-state index contributed by atoms with van der Waals surface area (Å²) in [6.45, 7) is 1.80. The highest BCUT2D eigenvalue weighted by atomic mass is 16.5. The van der Waals surface area contributed by atoms with Crippen LogP contribution >= 0.6 is 0 Å². The lowest BCUT2D eigenvalue weighted by Gasteiger charge is -2.21. The van der Waals surface area contributed by atoms with Crippen molar-refractivity contribution in [1.82, 2.24) is 0 Å². The van der Waals surface area contributed by atoms with E-state index in [2.05, 4.69) is 36.4 Å². The summed E-state index contributed by atoms with van der Waals surface area (Å²) in [6, 6.07) is 10.4. The molecule has 0 unspecified atom stereocenters. The van der Waals surface area contributed by atoms with Gasteiger partial charge in [0.25, 0.3) is 0 Å². The molecule has 2 aliphatic heterocycles. The van der Waals surface area contributed by atoms with E-state index in [1.807, 2.05) is 6.07 Å². The van der Waals surface area contributed by atoms with Crippen molar-refractivity contribution in [1.29, 1.82) is 0 Å². The van der Waals surface area contributed by atoms with E-state index >= 15 is 0 Å². The summed E-state index contributed by atoms with van der Waals surface area (Å²) in [6.07, 6.45) is 8.55. The van der Waals surface area contributed by atoms with Crippen LogP contribution in [0.3, 0.4) is 0 Å². The third-order valence-corrected chi connectivity index (χ3v) is 3.90. The number of rotatable bonds is 3. The fraction of sp³-hybridized carbons (Fsp3) is 0.500. The topological polar surface area (TPSA) is 18.5 Å². The summed E-state index contributed by atoms with van der Waals surface area (Å²) >= 11 is 0. The zero-order valence-corrected chi connectivity index (χ0v) is 10.6. The van der Waals surface area contributed by atoms with Crippen molar-refractivity contribution in [3.63, 3.8) is 0 Å². The van der Waals surface area contributed by atoms with Gasteiger partial charge in [-0.25, -0.2) is 0 Å². The number of hydrogen-bond donors (Lipinski definition) is 0. The van der Waals surface area contributed by atoms with Gasteiger partial charge in [0.15, 0.2) is 0 Å². The first kappa shape index (κ1) is 11.9. The van der Waals surface area contributed by atoms with Crippen molar-refractivity contribution in [3.05, 3.63) is 42.0 Å². The second kappa shape index (κ2) is 5.68. The van der Waals surface area contributed by atoms with Crippen molar-refractivity contribution in [2.24, 2.45) is 5.92 Å². The molecule has 0 N–H and O–H groups in total. The SMILES string of the molecule is C(=C\[C@@H]1OCC[C@@H]1[C@@H]1CCCO1)/c1ccccc1. The summed E-state index contributed by atoms with van der Waals surface area (Å²) in [5.41, 5.74) is 1.24. The Hall–Kier alpha value is -1.12. The zero-order chi connectivity index (χ0) is 12.2. The molecule has 0 spiro atoms. The van der Waals surface area contributed by atoms with Crippen LogP contribution in [0.25, 0.3) is 6.08 Å². The van der Waals surface area contributed by atoms with E-state index in [-0.39, 0.29) is 6.10 Å². The molecular weight excluding hydrogens is 224 g/mol. The number of hydrogen-bond acceptors (Lipinski definition) is 2. The van der Waals surface area contributed by atoms with Gasteiger partial charge in [0.05, 0.1) is 12.2 Å². The van der Waals surface area contributed by atoms with E-state index in [0.29, 0.717) is 12.0 Å². The second-order valence-corrected chi connectivity index (χ2v) is 5.11. The molecule has 96 valence electrons. The molecule has 2 saturated heterocycles. The number of benzene rings is 1. The Morgan fingerprint density at radius 3 is 2.67 bits per heavy atom. The Balaban J connectivity index is 1.66. The van der Waals surface area contributed by atoms with Gasteiger partial charge in [-0.2, -0.15) is 0 Å². The van der Waals surface area contributed by atoms with E-state index in [1.54, 1.807) is 0 Å². The van der Waals surface area contributed by atoms with Crippen LogP contribution in [-0.2, 0) is 9.47 Å². The highest BCUT2D eigenvalue weighted by Gasteiger charge is 2.35. The van der Waals surface area contributed by atoms with Crippen molar-refractivity contribution >= 4 is 6.08 Å². The van der Waals surface area contributed by atoms with Gasteiger partial charge in [-0.1, -0.05) is 42.5 Å². The molecule has 0 amide bonds. The van der Waals surface area contributed by atoms with E-state index in [4.69, 9.17) is 9.47 Å². The monoisotopic (exact) mass is 244 g/mol. The Morgan fingerprint density at radius 2 is 1.89 bits per heavy atom. The summed E-state index contributed by atoms with van der Waals surface area (Å²) in [7, 11) is 0. The van der Waals surface area contributed by atoms with Crippen molar-refractivity contribution in [2.45, 2.75) is 31.5 Å². The lowest BCUT2D eigenvalue weighted by atomic mass is 9.92. The van der Waals surface area contributed by atoms with Crippen LogP contribution in [-0.4, -0.2) is 25.4 Å². The summed E-state index contributed by atoms with van der Waals surface area (Å²) in [5.74, 6) is 0.549. The van der Waals surface area contributed by atoms with Crippen LogP contribution in [0, 0.1) is 5.92 Å². The summed E-state index contributed by atoms with van der Waals surface area (Å²) < 4.78 is 11.6. The molecule has 2 fully saturated rings. The lowest BCUT2D eigenvalue weighted by molar-refractivity contribution is 0.0341. The molecule has 2 aliphatic rings. The molecule has 2 nitrogen and oxygen atoms in total. The quantitative estimate of drug-likeness (QED) is 0.812. The number of ether oxygens (including phenoxy) is 2. The molecule has 18 heavy (non-hydrogen) atoms. The Labute approximate surface area is 109 Å². The first-order valence-electron chi connectivity index (χ1n) is 6.90. The fourth-order valence-electron chi connectivity index (χ4n) is 2.93. The average Bonchev–Trinajstić information content (AvgIpc) is 3.08. The van der Waals surface area contributed by atoms with Crippen LogP contribution in [0.4, 0.5) is 0 Å². The van der Waals surface area contributed by atoms with E-state index in [0.717, 1.165) is 19.6 Å². The first-order chi connectivity index (χ1) is 8.93. The molecule has 2 heterocycles. The van der Waals surface area contributed by atoms with Crippen LogP contribution in [0.5, 0.6) is 0 Å². The average molecular weight is 244 g/mol. The summed E-state index contributed by atoms with van der Waals surface area (Å²) in [5, 5.41) is 0. The van der Waals surface area contributed by atoms with E-state index in [9.17, 15) is 0 Å². The molecule has 1 aromatic carbocycles. The van der Waals surface area contributed by atoms with Gasteiger partial charge in [0.2, 0.25) is 0 Å². The molecule has 0 aromatic heterocycles. The molecule has 1 aromatic rings. The highest BCUT2D eigenvalue weighted by Crippen LogP contribution is 2.32. The Kier molecular flexibility index (Phi) is 3.77. The van der Waals surface area contributed by atoms with Crippen molar-refractivity contribution in [2.75, 3.05) is 13.2 Å². The second-order valence-electron chi connectivity index (χ2n) is 5.11. The standard InChI is InChI=1S/C16H20O2/c1-2-5-13(6-3-1)8-9-16-14(10-12-18-16)15-7-4-11-17-15/h1-3,5-6,8-9,14-16H,4,7,10-12H2/b9-8+/t14-,15+,16+/m1/s1. The molecule has 3 atom stereocenters. The van der Waals surface area contributed by atoms with Gasteiger partial charge < -0.3 is 9.47 Å². The third-order valence-electron chi connectivity index (χ3n) is 3.90. The van der Waals surface area contributed by atoms with E-state index < -0.39 is 0 Å². The van der Waals surface area contributed by atoms with Crippen LogP contribution in [0.1, 0.15) is 24.8 Å². The molecule has 0 radical (unpaired) electrons. The highest BCUT2D eigenvalue weighted by molar-refractivity contribution is 5.49. The minimum Gasteiger partial charge on any atom is -0.378 e. The molecular formula is C16H20O2. The maximum absolute atomic E-state index is 5.83. The fourth-order valence-corrected chi connectivity index (χ4v) is 2.93. The molecule has 0 aliphatic carbocycles.